The van der Waals surface area contributed by atoms with Gasteiger partial charge in [0.15, 0.2) is 5.78 Å². The van der Waals surface area contributed by atoms with Crippen LogP contribution in [-0.2, 0) is 38.2 Å². The number of ketones is 1. The van der Waals surface area contributed by atoms with E-state index in [9.17, 15) is 35.2 Å². The molecule has 0 radical (unpaired) electrons. The number of benzene rings is 2. The molecule has 64 heavy (non-hydrogen) atoms. The topological polar surface area (TPSA) is 183 Å². The second kappa shape index (κ2) is 22.2. The number of rotatable bonds is 15. The molecule has 0 spiro atoms. The van der Waals surface area contributed by atoms with Crippen LogP contribution in [0.3, 0.4) is 0 Å². The fourth-order valence-corrected chi connectivity index (χ4v) is 10.4. The highest BCUT2D eigenvalue weighted by Gasteiger charge is 2.35. The minimum Gasteiger partial charge on any atom is -0.465 e. The number of carbonyl (C=O) groups is 2. The molecule has 4 aromatic rings. The third-order valence-electron chi connectivity index (χ3n) is 10.8. The Hall–Kier alpha value is -4.38. The van der Waals surface area contributed by atoms with Crippen LogP contribution in [0.5, 0.6) is 0 Å². The molecule has 0 aliphatic carbocycles. The molecule has 0 atom stereocenters. The molecule has 0 bridgehead atoms. The van der Waals surface area contributed by atoms with Crippen molar-refractivity contribution in [2.45, 2.75) is 52.9 Å². The first-order valence-electron chi connectivity index (χ1n) is 20.4. The number of hydrogen-bond acceptors (Lipinski definition) is 12. The molecule has 2 aliphatic heterocycles. The van der Waals surface area contributed by atoms with Gasteiger partial charge in [-0.25, -0.2) is 13.6 Å². The van der Waals surface area contributed by atoms with Crippen LogP contribution in [-0.4, -0.2) is 135 Å². The number of aromatic nitrogens is 2. The quantitative estimate of drug-likeness (QED) is 0.121. The molecule has 2 aromatic carbocycles. The lowest BCUT2D eigenvalue weighted by Crippen LogP contribution is -2.54. The molecular formula is C42H53Cl2F2N9O7S2. The van der Waals surface area contributed by atoms with Crippen molar-refractivity contribution in [1.29, 1.82) is 0 Å². The largest absolute Gasteiger partial charge is 0.465 e. The Morgan fingerprint density at radius 2 is 1.06 bits per heavy atom. The summed E-state index contributed by atoms with van der Waals surface area (Å²) in [6, 6.07) is 14.4. The highest BCUT2D eigenvalue weighted by molar-refractivity contribution is 7.90. The number of esters is 1. The van der Waals surface area contributed by atoms with Crippen molar-refractivity contribution >= 4 is 66.7 Å². The number of nitrogens with zero attached hydrogens (tertiary/aromatic N) is 8. The van der Waals surface area contributed by atoms with E-state index in [1.54, 1.807) is 18.2 Å². The second-order valence-electron chi connectivity index (χ2n) is 15.5. The van der Waals surface area contributed by atoms with Crippen molar-refractivity contribution in [1.82, 2.24) is 28.4 Å². The lowest BCUT2D eigenvalue weighted by atomic mass is 10.2. The maximum absolute atomic E-state index is 13.7. The maximum atomic E-state index is 13.7. The van der Waals surface area contributed by atoms with Crippen molar-refractivity contribution in [3.05, 3.63) is 117 Å². The second-order valence-corrected chi connectivity index (χ2v) is 20.0. The Kier molecular flexibility index (Phi) is 17.6. The Morgan fingerprint density at radius 1 is 0.672 bits per heavy atom. The summed E-state index contributed by atoms with van der Waals surface area (Å²) in [6.07, 6.45) is 2.69. The van der Waals surface area contributed by atoms with E-state index >= 15 is 0 Å². The highest BCUT2D eigenvalue weighted by atomic mass is 35.5. The number of pyridine rings is 2. The molecule has 0 unspecified atom stereocenters. The summed E-state index contributed by atoms with van der Waals surface area (Å²) in [5.41, 5.74) is 7.25. The molecule has 2 aromatic heterocycles. The first-order valence-corrected chi connectivity index (χ1v) is 24.0. The molecule has 2 aliphatic rings. The normalized spacial score (nSPS) is 15.8. The average Bonchev–Trinajstić information content (AvgIpc) is 3.29. The zero-order valence-electron chi connectivity index (χ0n) is 36.2. The summed E-state index contributed by atoms with van der Waals surface area (Å²) >= 11 is 11.9. The first kappa shape index (κ1) is 50.6. The number of methoxy groups -OCH3 is 1. The summed E-state index contributed by atoms with van der Waals surface area (Å²) in [4.78, 5) is 36.2. The van der Waals surface area contributed by atoms with Crippen LogP contribution in [0.25, 0.3) is 0 Å². The van der Waals surface area contributed by atoms with Gasteiger partial charge in [0.25, 0.3) is 0 Å². The number of hydrogen-bond donors (Lipinski definition) is 1. The van der Waals surface area contributed by atoms with Crippen molar-refractivity contribution < 1.29 is 39.9 Å². The number of anilines is 2. The van der Waals surface area contributed by atoms with Gasteiger partial charge in [0.2, 0.25) is 0 Å². The smallest absolute Gasteiger partial charge is 0.339 e. The standard InChI is InChI=1S/C21H27ClFN5O3S.C21H26ClFN4O4S/c1-15(2)26-7-9-27(10-8-26)32(30,31)28(18-5-6-20(23)19(22)11-18)14-17-4-3-16(13-25-17)21(29)12-24;1-15(2)25-8-10-26(11-9-25)32(29,30)27(18-6-7-20(23)19(22)12-18)14-17-5-4-16(13-24-17)21(28)31-3/h3-6,11,13,15H,7-10,12,14,24H2,1-2H3;4-7,12-13,15H,8-11,14H2,1-3H3. The van der Waals surface area contributed by atoms with Crippen molar-refractivity contribution in [2.75, 3.05) is 74.6 Å². The van der Waals surface area contributed by atoms with E-state index in [1.807, 2.05) is 0 Å². The van der Waals surface area contributed by atoms with E-state index in [1.165, 1.54) is 58.4 Å². The maximum Gasteiger partial charge on any atom is 0.339 e. The van der Waals surface area contributed by atoms with Crippen LogP contribution >= 0.6 is 23.2 Å². The summed E-state index contributed by atoms with van der Waals surface area (Å²) in [5, 5.41) is -0.356. The van der Waals surface area contributed by atoms with Gasteiger partial charge in [-0.15, -0.1) is 0 Å². The molecule has 2 N–H and O–H groups in total. The van der Waals surface area contributed by atoms with E-state index in [4.69, 9.17) is 28.9 Å². The summed E-state index contributed by atoms with van der Waals surface area (Å²) in [6.45, 7) is 11.7. The molecule has 6 rings (SSSR count). The minimum atomic E-state index is -3.96. The van der Waals surface area contributed by atoms with Gasteiger partial charge < -0.3 is 10.5 Å². The van der Waals surface area contributed by atoms with Crippen LogP contribution in [0.15, 0.2) is 73.1 Å². The molecule has 2 saturated heterocycles. The molecule has 4 heterocycles. The zero-order valence-corrected chi connectivity index (χ0v) is 39.3. The van der Waals surface area contributed by atoms with Crippen LogP contribution in [0, 0.1) is 11.6 Å². The van der Waals surface area contributed by atoms with Gasteiger partial charge in [-0.05, 0) is 88.4 Å². The minimum absolute atomic E-state index is 0.105. The SMILES string of the molecule is CC(C)N1CCN(S(=O)(=O)N(Cc2ccc(C(=O)CN)cn2)c2ccc(F)c(Cl)c2)CC1.COC(=O)c1ccc(CN(c2ccc(F)c(Cl)c2)S(=O)(=O)N2CCN(C(C)C)CC2)nc1. The highest BCUT2D eigenvalue weighted by Crippen LogP contribution is 2.30. The average molecular weight is 969 g/mol. The van der Waals surface area contributed by atoms with Gasteiger partial charge in [0.05, 0.1) is 65.1 Å². The van der Waals surface area contributed by atoms with Crippen LogP contribution in [0.1, 0.15) is 59.8 Å². The fourth-order valence-electron chi connectivity index (χ4n) is 6.92. The number of carbonyl (C=O) groups excluding carboxylic acids is 2. The van der Waals surface area contributed by atoms with E-state index < -0.39 is 38.0 Å². The van der Waals surface area contributed by atoms with E-state index in [0.29, 0.717) is 81.4 Å². The molecule has 0 amide bonds. The number of ether oxygens (including phenoxy) is 1. The Morgan fingerprint density at radius 3 is 1.38 bits per heavy atom. The molecule has 16 nitrogen and oxygen atoms in total. The molecule has 348 valence electrons. The van der Waals surface area contributed by atoms with E-state index in [2.05, 4.69) is 52.2 Å². The summed E-state index contributed by atoms with van der Waals surface area (Å²) in [5.74, 6) is -2.08. The molecular weight excluding hydrogens is 916 g/mol. The number of nitrogens with two attached hydrogens (primary N) is 1. The lowest BCUT2D eigenvalue weighted by molar-refractivity contribution is 0.0600. The van der Waals surface area contributed by atoms with Crippen molar-refractivity contribution in [3.8, 4) is 0 Å². The third kappa shape index (κ3) is 12.5. The summed E-state index contributed by atoms with van der Waals surface area (Å²) in [7, 11) is -6.65. The van der Waals surface area contributed by atoms with Gasteiger partial charge in [0, 0.05) is 82.4 Å². The Balaban J connectivity index is 0.000000241. The number of Topliss-reactive ketones (excluding diaryl/α,β-unsaturated/α-hetero) is 1. The van der Waals surface area contributed by atoms with Crippen LogP contribution in [0.2, 0.25) is 10.0 Å². The zero-order chi connectivity index (χ0) is 46.9. The van der Waals surface area contributed by atoms with E-state index in [-0.39, 0.29) is 52.4 Å². The predicted octanol–water partition coefficient (Wildman–Crippen LogP) is 5.23. The molecule has 0 saturated carbocycles. The van der Waals surface area contributed by atoms with Gasteiger partial charge in [-0.3, -0.25) is 33.2 Å². The van der Waals surface area contributed by atoms with Crippen molar-refractivity contribution in [3.63, 3.8) is 0 Å². The number of halogens is 4. The molecule has 22 heteroatoms. The first-order chi connectivity index (χ1) is 30.3. The van der Waals surface area contributed by atoms with Crippen molar-refractivity contribution in [2.24, 2.45) is 5.73 Å². The third-order valence-corrected chi connectivity index (χ3v) is 15.2. The van der Waals surface area contributed by atoms with Gasteiger partial charge in [0.1, 0.15) is 11.6 Å². The predicted molar refractivity (Wildman–Crippen MR) is 243 cm³/mol. The molecule has 2 fully saturated rings. The van der Waals surface area contributed by atoms with Gasteiger partial charge >= 0.3 is 26.4 Å². The van der Waals surface area contributed by atoms with Crippen LogP contribution < -0.4 is 14.3 Å². The fraction of sp³-hybridized carbons (Fsp3) is 0.429. The summed E-state index contributed by atoms with van der Waals surface area (Å²) < 4.78 is 91.6. The Bertz CT molecular complexity index is 2290. The Labute approximate surface area is 383 Å². The number of piperazine rings is 2. The van der Waals surface area contributed by atoms with Crippen LogP contribution in [0.4, 0.5) is 20.2 Å². The monoisotopic (exact) mass is 967 g/mol. The van der Waals surface area contributed by atoms with Gasteiger partial charge in [-0.1, -0.05) is 23.2 Å². The van der Waals surface area contributed by atoms with Gasteiger partial charge in [-0.2, -0.15) is 25.4 Å². The van der Waals surface area contributed by atoms with E-state index in [0.717, 1.165) is 20.7 Å². The lowest BCUT2D eigenvalue weighted by Gasteiger charge is -2.38.